The van der Waals surface area contributed by atoms with E-state index in [0.717, 1.165) is 63.0 Å². The highest BCUT2D eigenvalue weighted by Crippen LogP contribution is 2.17. The fourth-order valence-electron chi connectivity index (χ4n) is 4.66. The van der Waals surface area contributed by atoms with Crippen molar-refractivity contribution in [1.82, 2.24) is 19.8 Å². The van der Waals surface area contributed by atoms with Gasteiger partial charge in [-0.15, -0.1) is 0 Å². The van der Waals surface area contributed by atoms with E-state index >= 15 is 0 Å². The summed E-state index contributed by atoms with van der Waals surface area (Å²) in [6, 6.07) is 20.4. The first-order valence-corrected chi connectivity index (χ1v) is 12.2. The average Bonchev–Trinajstić information content (AvgIpc) is 3.32. The standard InChI is InChI=1S/C28H33N5O/c29-18-24-10-12-25(13-11-24)20-33-22-30-19-27(33)14-15-31-28(34)26-9-5-17-32(21-26)16-4-8-23-6-2-1-3-7-23/h1-3,6-7,10-13,19,22,26H,4-5,8-9,14-17,20-21H2,(H,31,34). The molecule has 1 N–H and O–H groups in total. The van der Waals surface area contributed by atoms with Crippen molar-refractivity contribution in [3.8, 4) is 6.07 Å². The highest BCUT2D eigenvalue weighted by atomic mass is 16.1. The van der Waals surface area contributed by atoms with Crippen LogP contribution in [0.15, 0.2) is 67.1 Å². The smallest absolute Gasteiger partial charge is 0.224 e. The van der Waals surface area contributed by atoms with Crippen molar-refractivity contribution in [2.75, 3.05) is 26.2 Å². The summed E-state index contributed by atoms with van der Waals surface area (Å²) < 4.78 is 2.10. The fourth-order valence-corrected chi connectivity index (χ4v) is 4.66. The van der Waals surface area contributed by atoms with Gasteiger partial charge in [0.2, 0.25) is 5.91 Å². The van der Waals surface area contributed by atoms with E-state index in [1.807, 2.05) is 36.8 Å². The molecule has 2 heterocycles. The van der Waals surface area contributed by atoms with E-state index in [9.17, 15) is 4.79 Å². The molecule has 0 spiro atoms. The quantitative estimate of drug-likeness (QED) is 0.505. The van der Waals surface area contributed by atoms with E-state index < -0.39 is 0 Å². The number of aryl methyl sites for hydroxylation is 1. The number of hydrogen-bond donors (Lipinski definition) is 1. The first-order chi connectivity index (χ1) is 16.7. The topological polar surface area (TPSA) is 74.0 Å². The van der Waals surface area contributed by atoms with Crippen molar-refractivity contribution in [2.24, 2.45) is 5.92 Å². The fraction of sp³-hybridized carbons (Fsp3) is 0.393. The number of piperidine rings is 1. The first kappa shape index (κ1) is 23.7. The molecule has 0 aliphatic carbocycles. The predicted molar refractivity (Wildman–Crippen MR) is 133 cm³/mol. The second-order valence-electron chi connectivity index (χ2n) is 9.09. The van der Waals surface area contributed by atoms with Gasteiger partial charge in [0.1, 0.15) is 0 Å². The Balaban J connectivity index is 1.19. The molecule has 34 heavy (non-hydrogen) atoms. The number of benzene rings is 2. The van der Waals surface area contributed by atoms with E-state index in [2.05, 4.69) is 56.2 Å². The van der Waals surface area contributed by atoms with Crippen LogP contribution >= 0.6 is 0 Å². The molecule has 1 aliphatic heterocycles. The van der Waals surface area contributed by atoms with E-state index in [1.54, 1.807) is 0 Å². The Hall–Kier alpha value is -3.43. The third-order valence-corrected chi connectivity index (χ3v) is 6.57. The number of hydrogen-bond acceptors (Lipinski definition) is 4. The van der Waals surface area contributed by atoms with Crippen LogP contribution in [0.2, 0.25) is 0 Å². The van der Waals surface area contributed by atoms with Crippen LogP contribution < -0.4 is 5.32 Å². The molecule has 1 amide bonds. The lowest BCUT2D eigenvalue weighted by atomic mass is 9.96. The molecule has 6 nitrogen and oxygen atoms in total. The van der Waals surface area contributed by atoms with Gasteiger partial charge in [0.05, 0.1) is 23.9 Å². The molecule has 1 unspecified atom stereocenters. The summed E-state index contributed by atoms with van der Waals surface area (Å²) >= 11 is 0. The number of rotatable bonds is 10. The predicted octanol–water partition coefficient (Wildman–Crippen LogP) is 3.81. The van der Waals surface area contributed by atoms with Gasteiger partial charge in [0.25, 0.3) is 0 Å². The van der Waals surface area contributed by atoms with E-state index in [-0.39, 0.29) is 11.8 Å². The normalized spacial score (nSPS) is 16.1. The maximum absolute atomic E-state index is 12.8. The third-order valence-electron chi connectivity index (χ3n) is 6.57. The number of nitrogens with zero attached hydrogens (tertiary/aromatic N) is 4. The summed E-state index contributed by atoms with van der Waals surface area (Å²) in [5.74, 6) is 0.250. The van der Waals surface area contributed by atoms with Crippen LogP contribution in [0.1, 0.15) is 41.6 Å². The van der Waals surface area contributed by atoms with Crippen molar-refractivity contribution in [1.29, 1.82) is 5.26 Å². The Kier molecular flexibility index (Phi) is 8.48. The summed E-state index contributed by atoms with van der Waals surface area (Å²) in [6.45, 7) is 4.31. The van der Waals surface area contributed by atoms with Gasteiger partial charge < -0.3 is 14.8 Å². The molecule has 0 radical (unpaired) electrons. The van der Waals surface area contributed by atoms with Crippen molar-refractivity contribution in [2.45, 2.75) is 38.6 Å². The van der Waals surface area contributed by atoms with Crippen LogP contribution in [0.25, 0.3) is 0 Å². The monoisotopic (exact) mass is 455 g/mol. The maximum atomic E-state index is 12.8. The van der Waals surface area contributed by atoms with Gasteiger partial charge in [-0.05, 0) is 62.0 Å². The van der Waals surface area contributed by atoms with Gasteiger partial charge in [0.15, 0.2) is 0 Å². The summed E-state index contributed by atoms with van der Waals surface area (Å²) in [4.78, 5) is 19.6. The van der Waals surface area contributed by atoms with E-state index in [0.29, 0.717) is 18.7 Å². The van der Waals surface area contributed by atoms with E-state index in [1.165, 1.54) is 5.56 Å². The van der Waals surface area contributed by atoms with Crippen LogP contribution in [0.3, 0.4) is 0 Å². The van der Waals surface area contributed by atoms with E-state index in [4.69, 9.17) is 5.26 Å². The molecule has 0 saturated carbocycles. The molecule has 4 rings (SSSR count). The van der Waals surface area contributed by atoms with Gasteiger partial charge in [-0.25, -0.2) is 4.98 Å². The lowest BCUT2D eigenvalue weighted by Gasteiger charge is -2.32. The molecule has 1 atom stereocenters. The molecule has 1 fully saturated rings. The molecule has 2 aromatic carbocycles. The minimum atomic E-state index is 0.0778. The Morgan fingerprint density at radius 3 is 2.71 bits per heavy atom. The zero-order valence-corrected chi connectivity index (χ0v) is 19.7. The van der Waals surface area contributed by atoms with Crippen LogP contribution in [0.4, 0.5) is 0 Å². The zero-order valence-electron chi connectivity index (χ0n) is 19.7. The highest BCUT2D eigenvalue weighted by molar-refractivity contribution is 5.78. The minimum Gasteiger partial charge on any atom is -0.355 e. The Bertz CT molecular complexity index is 1080. The second-order valence-corrected chi connectivity index (χ2v) is 9.09. The summed E-state index contributed by atoms with van der Waals surface area (Å²) in [7, 11) is 0. The number of likely N-dealkylation sites (tertiary alicyclic amines) is 1. The summed E-state index contributed by atoms with van der Waals surface area (Å²) in [5.41, 5.74) is 4.26. The SMILES string of the molecule is N#Cc1ccc(Cn2cncc2CCNC(=O)C2CCCN(CCCc3ccccc3)C2)cc1. The first-order valence-electron chi connectivity index (χ1n) is 12.2. The number of nitrogens with one attached hydrogen (secondary N) is 1. The molecule has 0 bridgehead atoms. The highest BCUT2D eigenvalue weighted by Gasteiger charge is 2.25. The van der Waals surface area contributed by atoms with Gasteiger partial charge in [-0.3, -0.25) is 4.79 Å². The van der Waals surface area contributed by atoms with Gasteiger partial charge >= 0.3 is 0 Å². The second kappa shape index (κ2) is 12.2. The number of amides is 1. The molecule has 1 aromatic heterocycles. The molecular formula is C28H33N5O. The Morgan fingerprint density at radius 2 is 1.91 bits per heavy atom. The molecule has 6 heteroatoms. The minimum absolute atomic E-state index is 0.0778. The number of carbonyl (C=O) groups is 1. The lowest BCUT2D eigenvalue weighted by Crippen LogP contribution is -2.43. The average molecular weight is 456 g/mol. The Labute approximate surface area is 202 Å². The van der Waals surface area contributed by atoms with Gasteiger partial charge in [-0.1, -0.05) is 42.5 Å². The summed E-state index contributed by atoms with van der Waals surface area (Å²) in [5, 5.41) is 12.1. The third kappa shape index (κ3) is 6.79. The number of aromatic nitrogens is 2. The van der Waals surface area contributed by atoms with Crippen LogP contribution in [0, 0.1) is 17.2 Å². The maximum Gasteiger partial charge on any atom is 0.224 e. The Morgan fingerprint density at radius 1 is 1.09 bits per heavy atom. The van der Waals surface area contributed by atoms with Crippen LogP contribution in [-0.4, -0.2) is 46.5 Å². The van der Waals surface area contributed by atoms with Crippen molar-refractivity contribution < 1.29 is 4.79 Å². The molecule has 176 valence electrons. The van der Waals surface area contributed by atoms with Gasteiger partial charge in [0, 0.05) is 37.9 Å². The van der Waals surface area contributed by atoms with Crippen LogP contribution in [-0.2, 0) is 24.2 Å². The molecule has 3 aromatic rings. The molecule has 1 saturated heterocycles. The zero-order chi connectivity index (χ0) is 23.6. The molecule has 1 aliphatic rings. The van der Waals surface area contributed by atoms with Crippen molar-refractivity contribution in [3.05, 3.63) is 89.5 Å². The van der Waals surface area contributed by atoms with Crippen molar-refractivity contribution >= 4 is 5.91 Å². The summed E-state index contributed by atoms with van der Waals surface area (Å²) in [6.07, 6.45) is 8.70. The molecular weight excluding hydrogens is 422 g/mol. The van der Waals surface area contributed by atoms with Crippen molar-refractivity contribution in [3.63, 3.8) is 0 Å². The number of nitriles is 1. The lowest BCUT2D eigenvalue weighted by molar-refractivity contribution is -0.126. The van der Waals surface area contributed by atoms with Crippen LogP contribution in [0.5, 0.6) is 0 Å². The number of carbonyl (C=O) groups excluding carboxylic acids is 1. The largest absolute Gasteiger partial charge is 0.355 e. The number of imidazole rings is 1. The van der Waals surface area contributed by atoms with Gasteiger partial charge in [-0.2, -0.15) is 5.26 Å².